The molecular formula is C30H42O4. The van der Waals surface area contributed by atoms with E-state index in [1.54, 1.807) is 0 Å². The lowest BCUT2D eigenvalue weighted by molar-refractivity contribution is -0.162. The van der Waals surface area contributed by atoms with E-state index in [2.05, 4.69) is 58.9 Å². The van der Waals surface area contributed by atoms with E-state index in [0.717, 1.165) is 43.4 Å². The molecule has 0 bridgehead atoms. The predicted octanol–water partition coefficient (Wildman–Crippen LogP) is 7.70. The molecule has 0 saturated heterocycles. The van der Waals surface area contributed by atoms with Crippen LogP contribution in [0.2, 0.25) is 0 Å². The number of ether oxygens (including phenoxy) is 3. The van der Waals surface area contributed by atoms with Gasteiger partial charge in [-0.2, -0.15) is 0 Å². The Bertz CT molecular complexity index is 894. The van der Waals surface area contributed by atoms with E-state index in [9.17, 15) is 4.79 Å². The molecule has 2 aromatic rings. The SMILES string of the molecule is CCC1(OC(=O)COc2cccc(OCc3ccc(C(CC(C)C)C(C)C)cc3)c2)CCCC1. The van der Waals surface area contributed by atoms with Gasteiger partial charge in [0.25, 0.3) is 0 Å². The third kappa shape index (κ3) is 7.51. The van der Waals surface area contributed by atoms with Crippen molar-refractivity contribution in [2.75, 3.05) is 6.61 Å². The Kier molecular flexibility index (Phi) is 9.44. The van der Waals surface area contributed by atoms with Crippen LogP contribution in [0.3, 0.4) is 0 Å². The second-order valence-electron chi connectivity index (χ2n) is 10.5. The zero-order valence-corrected chi connectivity index (χ0v) is 21.6. The molecule has 1 aliphatic rings. The van der Waals surface area contributed by atoms with Gasteiger partial charge >= 0.3 is 5.97 Å². The number of carbonyl (C=O) groups is 1. The number of hydrogen-bond donors (Lipinski definition) is 0. The van der Waals surface area contributed by atoms with Crippen LogP contribution >= 0.6 is 0 Å². The molecule has 0 spiro atoms. The molecule has 0 amide bonds. The molecule has 1 aliphatic carbocycles. The molecule has 3 rings (SSSR count). The molecule has 0 aromatic heterocycles. The molecule has 0 aliphatic heterocycles. The van der Waals surface area contributed by atoms with Gasteiger partial charge in [0.2, 0.25) is 0 Å². The van der Waals surface area contributed by atoms with Gasteiger partial charge < -0.3 is 14.2 Å². The van der Waals surface area contributed by atoms with E-state index < -0.39 is 0 Å². The number of rotatable bonds is 12. The van der Waals surface area contributed by atoms with Crippen LogP contribution in [0.5, 0.6) is 11.5 Å². The van der Waals surface area contributed by atoms with E-state index in [0.29, 0.717) is 30.1 Å². The molecule has 0 heterocycles. The zero-order chi connectivity index (χ0) is 24.6. The van der Waals surface area contributed by atoms with E-state index >= 15 is 0 Å². The summed E-state index contributed by atoms with van der Waals surface area (Å²) in [6.07, 6.45) is 6.22. The Balaban J connectivity index is 1.51. The summed E-state index contributed by atoms with van der Waals surface area (Å²) in [6.45, 7) is 11.7. The first-order chi connectivity index (χ1) is 16.3. The van der Waals surface area contributed by atoms with Crippen molar-refractivity contribution in [3.8, 4) is 11.5 Å². The molecule has 2 aromatic carbocycles. The monoisotopic (exact) mass is 466 g/mol. The van der Waals surface area contributed by atoms with Crippen molar-refractivity contribution in [1.82, 2.24) is 0 Å². The van der Waals surface area contributed by atoms with Gasteiger partial charge in [0.15, 0.2) is 6.61 Å². The van der Waals surface area contributed by atoms with Gasteiger partial charge in [-0.1, -0.05) is 65.0 Å². The highest BCUT2D eigenvalue weighted by atomic mass is 16.6. The lowest BCUT2D eigenvalue weighted by Crippen LogP contribution is -2.33. The lowest BCUT2D eigenvalue weighted by atomic mass is 9.82. The van der Waals surface area contributed by atoms with Crippen molar-refractivity contribution >= 4 is 5.97 Å². The molecule has 1 unspecified atom stereocenters. The second-order valence-corrected chi connectivity index (χ2v) is 10.5. The summed E-state index contributed by atoms with van der Waals surface area (Å²) in [5.74, 6) is 2.91. The van der Waals surface area contributed by atoms with Gasteiger partial charge in [0.1, 0.15) is 23.7 Å². The minimum atomic E-state index is -0.299. The number of carbonyl (C=O) groups excluding carboxylic acids is 1. The topological polar surface area (TPSA) is 44.8 Å². The van der Waals surface area contributed by atoms with Crippen molar-refractivity contribution in [2.45, 2.75) is 91.3 Å². The van der Waals surface area contributed by atoms with Gasteiger partial charge in [0.05, 0.1) is 0 Å². The second kappa shape index (κ2) is 12.3. The summed E-state index contributed by atoms with van der Waals surface area (Å²) < 4.78 is 17.5. The highest BCUT2D eigenvalue weighted by Crippen LogP contribution is 2.36. The Morgan fingerprint density at radius 1 is 0.941 bits per heavy atom. The van der Waals surface area contributed by atoms with Crippen LogP contribution in [-0.2, 0) is 16.1 Å². The molecule has 4 heteroatoms. The largest absolute Gasteiger partial charge is 0.489 e. The zero-order valence-electron chi connectivity index (χ0n) is 21.6. The molecule has 0 radical (unpaired) electrons. The highest BCUT2D eigenvalue weighted by Gasteiger charge is 2.35. The maximum atomic E-state index is 12.3. The fourth-order valence-electron chi connectivity index (χ4n) is 4.94. The van der Waals surface area contributed by atoms with Crippen molar-refractivity contribution < 1.29 is 19.0 Å². The van der Waals surface area contributed by atoms with Crippen LogP contribution in [0.25, 0.3) is 0 Å². The maximum absolute atomic E-state index is 12.3. The third-order valence-electron chi connectivity index (χ3n) is 7.00. The first-order valence-electron chi connectivity index (χ1n) is 13.0. The smallest absolute Gasteiger partial charge is 0.344 e. The molecule has 34 heavy (non-hydrogen) atoms. The summed E-state index contributed by atoms with van der Waals surface area (Å²) in [6, 6.07) is 16.2. The van der Waals surface area contributed by atoms with Crippen molar-refractivity contribution in [1.29, 1.82) is 0 Å². The fraction of sp³-hybridized carbons (Fsp3) is 0.567. The third-order valence-corrected chi connectivity index (χ3v) is 7.00. The molecule has 186 valence electrons. The molecular weight excluding hydrogens is 424 g/mol. The van der Waals surface area contributed by atoms with E-state index in [1.165, 1.54) is 12.0 Å². The van der Waals surface area contributed by atoms with Gasteiger partial charge in [-0.15, -0.1) is 0 Å². The minimum absolute atomic E-state index is 0.0833. The maximum Gasteiger partial charge on any atom is 0.344 e. The first kappa shape index (κ1) is 26.1. The Labute approximate surface area is 206 Å². The summed E-state index contributed by atoms with van der Waals surface area (Å²) in [7, 11) is 0. The average Bonchev–Trinajstić information content (AvgIpc) is 3.29. The Morgan fingerprint density at radius 3 is 2.18 bits per heavy atom. The quantitative estimate of drug-likeness (QED) is 0.301. The number of hydrogen-bond acceptors (Lipinski definition) is 4. The van der Waals surface area contributed by atoms with Gasteiger partial charge in [-0.25, -0.2) is 4.79 Å². The van der Waals surface area contributed by atoms with Crippen LogP contribution in [-0.4, -0.2) is 18.2 Å². The minimum Gasteiger partial charge on any atom is -0.489 e. The molecule has 1 saturated carbocycles. The standard InChI is InChI=1S/C30H42O4/c1-6-30(16-7-8-17-30)34-29(31)21-33-27-11-9-10-26(19-27)32-20-24-12-14-25(15-13-24)28(23(4)5)18-22(2)3/h9-15,19,22-23,28H,6-8,16-18,20-21H2,1-5H3. The van der Waals surface area contributed by atoms with Crippen LogP contribution < -0.4 is 9.47 Å². The lowest BCUT2D eigenvalue weighted by Gasteiger charge is -2.27. The van der Waals surface area contributed by atoms with Gasteiger partial charge in [0, 0.05) is 6.07 Å². The molecule has 4 nitrogen and oxygen atoms in total. The van der Waals surface area contributed by atoms with Gasteiger partial charge in [-0.05, 0) is 79.5 Å². The highest BCUT2D eigenvalue weighted by molar-refractivity contribution is 5.71. The molecule has 0 N–H and O–H groups in total. The Hall–Kier alpha value is -2.49. The van der Waals surface area contributed by atoms with Crippen molar-refractivity contribution in [3.05, 3.63) is 59.7 Å². The van der Waals surface area contributed by atoms with Crippen molar-refractivity contribution in [2.24, 2.45) is 11.8 Å². The normalized spacial score (nSPS) is 16.0. The van der Waals surface area contributed by atoms with Crippen LogP contribution in [0.4, 0.5) is 0 Å². The molecule has 1 atom stereocenters. The van der Waals surface area contributed by atoms with E-state index in [1.807, 2.05) is 24.3 Å². The fourth-order valence-corrected chi connectivity index (χ4v) is 4.94. The number of benzene rings is 2. The van der Waals surface area contributed by atoms with Crippen molar-refractivity contribution in [3.63, 3.8) is 0 Å². The summed E-state index contributed by atoms with van der Waals surface area (Å²) in [4.78, 5) is 12.3. The van der Waals surface area contributed by atoms with Crippen LogP contribution in [0.1, 0.15) is 90.2 Å². The Morgan fingerprint density at radius 2 is 1.59 bits per heavy atom. The average molecular weight is 467 g/mol. The predicted molar refractivity (Wildman–Crippen MR) is 137 cm³/mol. The molecule has 1 fully saturated rings. The van der Waals surface area contributed by atoms with E-state index in [4.69, 9.17) is 14.2 Å². The summed E-state index contributed by atoms with van der Waals surface area (Å²) in [5, 5.41) is 0. The first-order valence-corrected chi connectivity index (χ1v) is 13.0. The summed E-state index contributed by atoms with van der Waals surface area (Å²) in [5.41, 5.74) is 2.24. The van der Waals surface area contributed by atoms with Crippen LogP contribution in [0.15, 0.2) is 48.5 Å². The number of esters is 1. The van der Waals surface area contributed by atoms with Gasteiger partial charge in [-0.3, -0.25) is 0 Å². The van der Waals surface area contributed by atoms with E-state index in [-0.39, 0.29) is 18.2 Å². The summed E-state index contributed by atoms with van der Waals surface area (Å²) >= 11 is 0. The van der Waals surface area contributed by atoms with Crippen LogP contribution in [0, 0.1) is 11.8 Å².